The van der Waals surface area contributed by atoms with Crippen LogP contribution in [0.1, 0.15) is 64.2 Å². The van der Waals surface area contributed by atoms with Gasteiger partial charge in [-0.3, -0.25) is 0 Å². The summed E-state index contributed by atoms with van der Waals surface area (Å²) in [6.45, 7) is 9.76. The minimum atomic E-state index is -0.408. The van der Waals surface area contributed by atoms with Gasteiger partial charge in [0.15, 0.2) is 0 Å². The topological polar surface area (TPSA) is 32.3 Å². The number of aliphatic hydroxyl groups excluding tert-OH is 1. The fourth-order valence-electron chi connectivity index (χ4n) is 3.42. The Hall–Kier alpha value is -0.860. The first kappa shape index (κ1) is 16.5. The summed E-state index contributed by atoms with van der Waals surface area (Å²) >= 11 is 0. The molecule has 1 aliphatic rings. The molecular formula is C19H31NO. The quantitative estimate of drug-likeness (QED) is 0.827. The SMILES string of the molecule is CC(C)Cc1ccc(C(O)CNC2CCCC2(C)C)cc1. The molecule has 0 bridgehead atoms. The second-order valence-electron chi connectivity index (χ2n) is 7.70. The van der Waals surface area contributed by atoms with Crippen LogP contribution in [-0.2, 0) is 6.42 Å². The summed E-state index contributed by atoms with van der Waals surface area (Å²) in [7, 11) is 0. The number of rotatable bonds is 6. The van der Waals surface area contributed by atoms with Crippen LogP contribution in [0.5, 0.6) is 0 Å². The van der Waals surface area contributed by atoms with E-state index in [2.05, 4.69) is 57.3 Å². The molecule has 1 aliphatic carbocycles. The first-order valence-electron chi connectivity index (χ1n) is 8.39. The molecule has 0 aromatic heterocycles. The van der Waals surface area contributed by atoms with Crippen molar-refractivity contribution in [2.24, 2.45) is 11.3 Å². The molecule has 1 aromatic rings. The molecule has 0 radical (unpaired) electrons. The zero-order valence-electron chi connectivity index (χ0n) is 14.0. The Morgan fingerprint density at radius 1 is 1.24 bits per heavy atom. The Kier molecular flexibility index (Phi) is 5.45. The van der Waals surface area contributed by atoms with E-state index in [0.29, 0.717) is 23.9 Å². The molecule has 1 saturated carbocycles. The predicted molar refractivity (Wildman–Crippen MR) is 89.4 cm³/mol. The van der Waals surface area contributed by atoms with E-state index in [-0.39, 0.29) is 0 Å². The molecule has 2 rings (SSSR count). The Morgan fingerprint density at radius 3 is 2.43 bits per heavy atom. The summed E-state index contributed by atoms with van der Waals surface area (Å²) in [5, 5.41) is 13.9. The second-order valence-corrected chi connectivity index (χ2v) is 7.70. The van der Waals surface area contributed by atoms with Gasteiger partial charge in [0.05, 0.1) is 6.10 Å². The highest BCUT2D eigenvalue weighted by molar-refractivity contribution is 5.24. The summed E-state index contributed by atoms with van der Waals surface area (Å²) in [6, 6.07) is 8.98. The van der Waals surface area contributed by atoms with E-state index in [9.17, 15) is 5.11 Å². The smallest absolute Gasteiger partial charge is 0.0914 e. The van der Waals surface area contributed by atoms with Crippen molar-refractivity contribution in [2.75, 3.05) is 6.54 Å². The third-order valence-electron chi connectivity index (χ3n) is 4.82. The van der Waals surface area contributed by atoms with E-state index in [1.807, 2.05) is 0 Å². The van der Waals surface area contributed by atoms with Crippen LogP contribution in [0.3, 0.4) is 0 Å². The lowest BCUT2D eigenvalue weighted by molar-refractivity contribution is 0.158. The Labute approximate surface area is 130 Å². The molecule has 2 nitrogen and oxygen atoms in total. The third-order valence-corrected chi connectivity index (χ3v) is 4.82. The summed E-state index contributed by atoms with van der Waals surface area (Å²) in [5.74, 6) is 0.673. The molecule has 2 unspecified atom stereocenters. The average molecular weight is 289 g/mol. The Balaban J connectivity index is 1.87. The highest BCUT2D eigenvalue weighted by Crippen LogP contribution is 2.37. The molecule has 2 atom stereocenters. The molecule has 1 aromatic carbocycles. The molecule has 21 heavy (non-hydrogen) atoms. The van der Waals surface area contributed by atoms with Gasteiger partial charge >= 0.3 is 0 Å². The fraction of sp³-hybridized carbons (Fsp3) is 0.684. The minimum absolute atomic E-state index is 0.362. The number of hydrogen-bond acceptors (Lipinski definition) is 2. The number of aliphatic hydroxyl groups is 1. The van der Waals surface area contributed by atoms with Crippen LogP contribution in [0.2, 0.25) is 0 Å². The summed E-state index contributed by atoms with van der Waals surface area (Å²) in [6.07, 6.45) is 4.50. The Bertz CT molecular complexity index is 435. The Morgan fingerprint density at radius 2 is 1.90 bits per heavy atom. The van der Waals surface area contributed by atoms with Crippen molar-refractivity contribution in [1.29, 1.82) is 0 Å². The van der Waals surface area contributed by atoms with Gasteiger partial charge in [0.25, 0.3) is 0 Å². The van der Waals surface area contributed by atoms with Gasteiger partial charge in [-0.1, -0.05) is 58.4 Å². The lowest BCUT2D eigenvalue weighted by Crippen LogP contribution is -2.39. The van der Waals surface area contributed by atoms with Crippen LogP contribution in [0, 0.1) is 11.3 Å². The van der Waals surface area contributed by atoms with E-state index in [1.165, 1.54) is 24.8 Å². The monoisotopic (exact) mass is 289 g/mol. The summed E-state index contributed by atoms with van der Waals surface area (Å²) < 4.78 is 0. The van der Waals surface area contributed by atoms with Crippen molar-refractivity contribution < 1.29 is 5.11 Å². The van der Waals surface area contributed by atoms with Crippen molar-refractivity contribution in [1.82, 2.24) is 5.32 Å². The molecule has 0 spiro atoms. The van der Waals surface area contributed by atoms with Crippen molar-refractivity contribution in [3.8, 4) is 0 Å². The third kappa shape index (κ3) is 4.55. The maximum absolute atomic E-state index is 10.4. The summed E-state index contributed by atoms with van der Waals surface area (Å²) in [5.41, 5.74) is 2.73. The predicted octanol–water partition coefficient (Wildman–Crippen LogP) is 4.09. The molecule has 0 saturated heterocycles. The first-order chi connectivity index (χ1) is 9.88. The maximum Gasteiger partial charge on any atom is 0.0914 e. The van der Waals surface area contributed by atoms with Crippen molar-refractivity contribution >= 4 is 0 Å². The lowest BCUT2D eigenvalue weighted by atomic mass is 9.87. The molecule has 0 heterocycles. The van der Waals surface area contributed by atoms with E-state index in [0.717, 1.165) is 12.0 Å². The van der Waals surface area contributed by atoms with E-state index < -0.39 is 6.10 Å². The van der Waals surface area contributed by atoms with Gasteiger partial charge in [-0.05, 0) is 41.7 Å². The number of hydrogen-bond donors (Lipinski definition) is 2. The molecule has 0 amide bonds. The van der Waals surface area contributed by atoms with Crippen LogP contribution in [0.4, 0.5) is 0 Å². The van der Waals surface area contributed by atoms with Crippen LogP contribution in [0.25, 0.3) is 0 Å². The van der Waals surface area contributed by atoms with Crippen molar-refractivity contribution in [3.05, 3.63) is 35.4 Å². The van der Waals surface area contributed by atoms with E-state index in [1.54, 1.807) is 0 Å². The molecule has 1 fully saturated rings. The van der Waals surface area contributed by atoms with Gasteiger partial charge in [-0.2, -0.15) is 0 Å². The largest absolute Gasteiger partial charge is 0.387 e. The van der Waals surface area contributed by atoms with E-state index >= 15 is 0 Å². The zero-order valence-corrected chi connectivity index (χ0v) is 14.0. The maximum atomic E-state index is 10.4. The van der Waals surface area contributed by atoms with Gasteiger partial charge in [-0.25, -0.2) is 0 Å². The molecule has 2 N–H and O–H groups in total. The minimum Gasteiger partial charge on any atom is -0.387 e. The van der Waals surface area contributed by atoms with Crippen molar-refractivity contribution in [2.45, 2.75) is 65.5 Å². The van der Waals surface area contributed by atoms with E-state index in [4.69, 9.17) is 0 Å². The highest BCUT2D eigenvalue weighted by Gasteiger charge is 2.34. The van der Waals surface area contributed by atoms with Crippen LogP contribution < -0.4 is 5.32 Å². The van der Waals surface area contributed by atoms with Gasteiger partial charge in [-0.15, -0.1) is 0 Å². The molecule has 0 aliphatic heterocycles. The fourth-order valence-corrected chi connectivity index (χ4v) is 3.42. The van der Waals surface area contributed by atoms with Crippen molar-refractivity contribution in [3.63, 3.8) is 0 Å². The molecule has 118 valence electrons. The van der Waals surface area contributed by atoms with Gasteiger partial charge < -0.3 is 10.4 Å². The van der Waals surface area contributed by atoms with Crippen LogP contribution in [0.15, 0.2) is 24.3 Å². The highest BCUT2D eigenvalue weighted by atomic mass is 16.3. The lowest BCUT2D eigenvalue weighted by Gasteiger charge is -2.29. The van der Waals surface area contributed by atoms with Gasteiger partial charge in [0, 0.05) is 12.6 Å². The standard InChI is InChI=1S/C19H31NO/c1-14(2)12-15-7-9-16(10-8-15)17(21)13-20-18-6-5-11-19(18,3)4/h7-10,14,17-18,20-21H,5-6,11-13H2,1-4H3. The van der Waals surface area contributed by atoms with Crippen LogP contribution >= 0.6 is 0 Å². The first-order valence-corrected chi connectivity index (χ1v) is 8.39. The normalized spacial score (nSPS) is 22.7. The molecular weight excluding hydrogens is 258 g/mol. The van der Waals surface area contributed by atoms with Gasteiger partial charge in [0.2, 0.25) is 0 Å². The average Bonchev–Trinajstić information content (AvgIpc) is 2.75. The number of benzene rings is 1. The second kappa shape index (κ2) is 6.93. The summed E-state index contributed by atoms with van der Waals surface area (Å²) in [4.78, 5) is 0. The van der Waals surface area contributed by atoms with Gasteiger partial charge in [0.1, 0.15) is 0 Å². The zero-order chi connectivity index (χ0) is 15.5. The van der Waals surface area contributed by atoms with Crippen LogP contribution in [-0.4, -0.2) is 17.7 Å². The number of nitrogens with one attached hydrogen (secondary N) is 1. The molecule has 2 heteroatoms.